The minimum Gasteiger partial charge on any atom is -0.352 e. The van der Waals surface area contributed by atoms with Crippen molar-refractivity contribution >= 4 is 5.91 Å². The molecule has 6 heteroatoms. The van der Waals surface area contributed by atoms with E-state index in [1.54, 1.807) is 11.0 Å². The molecule has 1 amide bonds. The molecule has 1 N–H and O–H groups in total. The van der Waals surface area contributed by atoms with Crippen molar-refractivity contribution in [2.24, 2.45) is 0 Å². The summed E-state index contributed by atoms with van der Waals surface area (Å²) in [4.78, 5) is 18.6. The first-order valence-corrected chi connectivity index (χ1v) is 9.67. The minimum atomic E-state index is 0.154. The smallest absolute Gasteiger partial charge is 0.220 e. The number of rotatable bonds is 9. The van der Waals surface area contributed by atoms with E-state index in [1.807, 2.05) is 0 Å². The predicted molar refractivity (Wildman–Crippen MR) is 102 cm³/mol. The van der Waals surface area contributed by atoms with Gasteiger partial charge in [0.05, 0.1) is 0 Å². The summed E-state index contributed by atoms with van der Waals surface area (Å²) in [6.07, 6.45) is 9.09. The van der Waals surface area contributed by atoms with Crippen LogP contribution in [0.2, 0.25) is 0 Å². The number of piperidine rings is 1. The fraction of sp³-hybridized carbons (Fsp3) is 0.550. The summed E-state index contributed by atoms with van der Waals surface area (Å²) in [5.74, 6) is 0.154. The number of likely N-dealkylation sites (tertiary alicyclic amines) is 1. The van der Waals surface area contributed by atoms with Gasteiger partial charge in [0.25, 0.3) is 0 Å². The van der Waals surface area contributed by atoms with Gasteiger partial charge in [0.1, 0.15) is 12.7 Å². The number of amides is 1. The molecule has 1 atom stereocenters. The molecule has 2 aromatic rings. The number of nitrogens with one attached hydrogen (secondary N) is 1. The summed E-state index contributed by atoms with van der Waals surface area (Å²) in [6, 6.07) is 10.9. The minimum absolute atomic E-state index is 0.154. The fourth-order valence-electron chi connectivity index (χ4n) is 3.58. The van der Waals surface area contributed by atoms with Crippen molar-refractivity contribution in [3.8, 4) is 0 Å². The van der Waals surface area contributed by atoms with Gasteiger partial charge >= 0.3 is 0 Å². The molecule has 1 aromatic carbocycles. The van der Waals surface area contributed by atoms with Crippen molar-refractivity contribution in [3.63, 3.8) is 0 Å². The summed E-state index contributed by atoms with van der Waals surface area (Å²) in [5.41, 5.74) is 1.40. The molecule has 0 saturated carbocycles. The lowest BCUT2D eigenvalue weighted by Crippen LogP contribution is -2.47. The van der Waals surface area contributed by atoms with Crippen LogP contribution < -0.4 is 5.32 Å². The summed E-state index contributed by atoms with van der Waals surface area (Å²) >= 11 is 0. The molecule has 3 rings (SSSR count). The molecule has 1 aliphatic rings. The van der Waals surface area contributed by atoms with Crippen LogP contribution in [-0.4, -0.2) is 51.2 Å². The van der Waals surface area contributed by atoms with E-state index in [1.165, 1.54) is 18.3 Å². The highest BCUT2D eigenvalue weighted by Crippen LogP contribution is 2.12. The van der Waals surface area contributed by atoms with Gasteiger partial charge in [-0.1, -0.05) is 30.3 Å². The molecule has 0 bridgehead atoms. The van der Waals surface area contributed by atoms with E-state index < -0.39 is 0 Å². The zero-order valence-corrected chi connectivity index (χ0v) is 15.4. The lowest BCUT2D eigenvalue weighted by Gasteiger charge is -2.33. The average Bonchev–Trinajstić information content (AvgIpc) is 3.16. The Morgan fingerprint density at radius 3 is 2.88 bits per heavy atom. The molecular weight excluding hydrogens is 326 g/mol. The van der Waals surface area contributed by atoms with Crippen molar-refractivity contribution in [3.05, 3.63) is 48.5 Å². The van der Waals surface area contributed by atoms with E-state index in [-0.39, 0.29) is 5.91 Å². The van der Waals surface area contributed by atoms with E-state index in [0.29, 0.717) is 12.5 Å². The van der Waals surface area contributed by atoms with E-state index in [4.69, 9.17) is 0 Å². The molecular formula is C20H29N5O. The zero-order chi connectivity index (χ0) is 18.0. The number of hydrogen-bond acceptors (Lipinski definition) is 4. The van der Waals surface area contributed by atoms with Gasteiger partial charge in [-0.25, -0.2) is 4.98 Å². The molecule has 6 nitrogen and oxygen atoms in total. The molecule has 1 saturated heterocycles. The third-order valence-corrected chi connectivity index (χ3v) is 4.91. The summed E-state index contributed by atoms with van der Waals surface area (Å²) in [7, 11) is 0. The highest BCUT2D eigenvalue weighted by atomic mass is 16.1. The van der Waals surface area contributed by atoms with E-state index in [9.17, 15) is 4.79 Å². The third-order valence-electron chi connectivity index (χ3n) is 4.91. The Morgan fingerprint density at radius 2 is 2.08 bits per heavy atom. The molecule has 1 fully saturated rings. The van der Waals surface area contributed by atoms with E-state index in [0.717, 1.165) is 51.9 Å². The Kier molecular flexibility index (Phi) is 7.19. The number of hydrogen-bond donors (Lipinski definition) is 1. The van der Waals surface area contributed by atoms with E-state index in [2.05, 4.69) is 50.6 Å². The maximum atomic E-state index is 12.2. The number of aromatic nitrogens is 3. The predicted octanol–water partition coefficient (Wildman–Crippen LogP) is 2.27. The first-order chi connectivity index (χ1) is 12.8. The molecule has 0 radical (unpaired) electrons. The van der Waals surface area contributed by atoms with Crippen molar-refractivity contribution < 1.29 is 4.79 Å². The van der Waals surface area contributed by atoms with Crippen LogP contribution in [0.15, 0.2) is 43.0 Å². The Hall–Kier alpha value is -2.21. The summed E-state index contributed by atoms with van der Waals surface area (Å²) < 4.78 is 1.77. The van der Waals surface area contributed by atoms with Crippen LogP contribution in [0.5, 0.6) is 0 Å². The zero-order valence-electron chi connectivity index (χ0n) is 15.4. The van der Waals surface area contributed by atoms with Crippen LogP contribution in [-0.2, 0) is 17.8 Å². The molecule has 1 aromatic heterocycles. The van der Waals surface area contributed by atoms with Gasteiger partial charge in [-0.15, -0.1) is 0 Å². The van der Waals surface area contributed by atoms with Gasteiger partial charge in [-0.3, -0.25) is 9.48 Å². The van der Waals surface area contributed by atoms with Crippen molar-refractivity contribution in [1.29, 1.82) is 0 Å². The fourth-order valence-corrected chi connectivity index (χ4v) is 3.58. The third kappa shape index (κ3) is 6.26. The number of aryl methyl sites for hydroxylation is 2. The highest BCUT2D eigenvalue weighted by molar-refractivity contribution is 5.76. The van der Waals surface area contributed by atoms with Gasteiger partial charge < -0.3 is 10.2 Å². The van der Waals surface area contributed by atoms with Crippen molar-refractivity contribution in [2.45, 2.75) is 51.1 Å². The first-order valence-electron chi connectivity index (χ1n) is 9.67. The van der Waals surface area contributed by atoms with Crippen LogP contribution in [0.1, 0.15) is 37.7 Å². The van der Waals surface area contributed by atoms with Crippen LogP contribution in [0.25, 0.3) is 0 Å². The summed E-state index contributed by atoms with van der Waals surface area (Å²) in [6.45, 7) is 3.97. The lowest BCUT2D eigenvalue weighted by atomic mass is 10.0. The molecule has 1 aliphatic heterocycles. The Balaban J connectivity index is 1.31. The van der Waals surface area contributed by atoms with Gasteiger partial charge in [-0.2, -0.15) is 5.10 Å². The van der Waals surface area contributed by atoms with Gasteiger partial charge in [0, 0.05) is 25.6 Å². The molecule has 1 unspecified atom stereocenters. The monoisotopic (exact) mass is 355 g/mol. The van der Waals surface area contributed by atoms with Crippen LogP contribution >= 0.6 is 0 Å². The Bertz CT molecular complexity index is 643. The topological polar surface area (TPSA) is 63.1 Å². The number of carbonyl (C=O) groups is 1. The normalized spacial score (nSPS) is 17.9. The van der Waals surface area contributed by atoms with E-state index >= 15 is 0 Å². The molecule has 0 spiro atoms. The lowest BCUT2D eigenvalue weighted by molar-refractivity contribution is -0.122. The number of nitrogens with zero attached hydrogens (tertiary/aromatic N) is 4. The Labute approximate surface area is 155 Å². The second kappa shape index (κ2) is 10.1. The van der Waals surface area contributed by atoms with Crippen LogP contribution in [0.3, 0.4) is 0 Å². The maximum absolute atomic E-state index is 12.2. The first kappa shape index (κ1) is 18.6. The van der Waals surface area contributed by atoms with Gasteiger partial charge in [0.15, 0.2) is 0 Å². The summed E-state index contributed by atoms with van der Waals surface area (Å²) in [5, 5.41) is 7.27. The SMILES string of the molecule is O=C(CCCn1cncn1)NC1CCCN(CCCc2ccccc2)C1. The van der Waals surface area contributed by atoms with Gasteiger partial charge in [0.2, 0.25) is 5.91 Å². The number of benzene rings is 1. The quantitative estimate of drug-likeness (QED) is 0.749. The molecule has 0 aliphatic carbocycles. The highest BCUT2D eigenvalue weighted by Gasteiger charge is 2.20. The maximum Gasteiger partial charge on any atom is 0.220 e. The van der Waals surface area contributed by atoms with Crippen molar-refractivity contribution in [1.82, 2.24) is 25.0 Å². The second-order valence-electron chi connectivity index (χ2n) is 7.06. The van der Waals surface area contributed by atoms with Crippen LogP contribution in [0.4, 0.5) is 0 Å². The van der Waals surface area contributed by atoms with Crippen molar-refractivity contribution in [2.75, 3.05) is 19.6 Å². The van der Waals surface area contributed by atoms with Gasteiger partial charge in [-0.05, 0) is 50.8 Å². The number of carbonyl (C=O) groups excluding carboxylic acids is 1. The van der Waals surface area contributed by atoms with Crippen LogP contribution in [0, 0.1) is 0 Å². The largest absolute Gasteiger partial charge is 0.352 e. The Morgan fingerprint density at radius 1 is 1.19 bits per heavy atom. The average molecular weight is 355 g/mol. The standard InChI is InChI=1S/C20H29N5O/c26-20(11-6-14-25-17-21-16-22-25)23-19-10-5-13-24(15-19)12-4-9-18-7-2-1-3-8-18/h1-3,7-8,16-17,19H,4-6,9-15H2,(H,23,26). The second-order valence-corrected chi connectivity index (χ2v) is 7.06. The molecule has 2 heterocycles. The molecule has 140 valence electrons. The molecule has 26 heavy (non-hydrogen) atoms.